The van der Waals surface area contributed by atoms with Gasteiger partial charge in [-0.3, -0.25) is 10.0 Å². The van der Waals surface area contributed by atoms with Crippen LogP contribution in [0.5, 0.6) is 0 Å². The zero-order valence-corrected chi connectivity index (χ0v) is 16.2. The second-order valence-electron chi connectivity index (χ2n) is 6.90. The van der Waals surface area contributed by atoms with E-state index in [9.17, 15) is 13.2 Å². The molecule has 0 spiro atoms. The molecule has 1 aliphatic rings. The van der Waals surface area contributed by atoms with E-state index in [1.54, 1.807) is 0 Å². The molecule has 0 saturated heterocycles. The largest absolute Gasteiger partial charge is 0.392 e. The highest BCUT2D eigenvalue weighted by molar-refractivity contribution is 7.92. The molecular formula is C18H26N2O5S. The van der Waals surface area contributed by atoms with Gasteiger partial charge in [0.15, 0.2) is 9.84 Å². The number of sulfone groups is 1. The van der Waals surface area contributed by atoms with E-state index in [0.29, 0.717) is 12.8 Å². The molecule has 1 amide bonds. The van der Waals surface area contributed by atoms with E-state index >= 15 is 0 Å². The molecule has 7 nitrogen and oxygen atoms in total. The molecule has 8 heteroatoms. The quantitative estimate of drug-likeness (QED) is 0.530. The summed E-state index contributed by atoms with van der Waals surface area (Å²) in [6.07, 6.45) is 3.71. The van der Waals surface area contributed by atoms with E-state index in [4.69, 9.17) is 10.0 Å². The predicted octanol–water partition coefficient (Wildman–Crippen LogP) is 2.22. The number of rotatable bonds is 8. The maximum Gasteiger partial charge on any atom is 0.264 e. The van der Waals surface area contributed by atoms with Crippen molar-refractivity contribution in [2.45, 2.75) is 56.8 Å². The Hall–Kier alpha value is -1.93. The minimum Gasteiger partial charge on any atom is -0.392 e. The molecule has 0 unspecified atom stereocenters. The van der Waals surface area contributed by atoms with Crippen molar-refractivity contribution in [1.82, 2.24) is 5.48 Å². The van der Waals surface area contributed by atoms with Crippen molar-refractivity contribution in [3.05, 3.63) is 35.4 Å². The number of hydrogen-bond donors (Lipinski definition) is 2. The first-order valence-electron chi connectivity index (χ1n) is 8.67. The number of amides is 1. The minimum absolute atomic E-state index is 0.0289. The Labute approximate surface area is 154 Å². The highest BCUT2D eigenvalue weighted by atomic mass is 32.2. The molecule has 1 aliphatic heterocycles. The van der Waals surface area contributed by atoms with E-state index in [-0.39, 0.29) is 12.5 Å². The summed E-state index contributed by atoms with van der Waals surface area (Å²) in [5.41, 5.74) is 4.51. The van der Waals surface area contributed by atoms with Crippen molar-refractivity contribution in [3.8, 4) is 0 Å². The summed E-state index contributed by atoms with van der Waals surface area (Å²) < 4.78 is 22.3. The molecule has 0 saturated carbocycles. The number of nitrogens with zero attached hydrogens (tertiary/aromatic N) is 1. The molecule has 26 heavy (non-hydrogen) atoms. The number of hydroxylamine groups is 1. The van der Waals surface area contributed by atoms with Crippen molar-refractivity contribution in [1.29, 1.82) is 0 Å². The molecule has 0 radical (unpaired) electrons. The third-order valence-corrected chi connectivity index (χ3v) is 6.93. The van der Waals surface area contributed by atoms with Gasteiger partial charge in [-0.2, -0.15) is 0 Å². The van der Waals surface area contributed by atoms with E-state index in [2.05, 4.69) is 24.2 Å². The molecular weight excluding hydrogens is 356 g/mol. The van der Waals surface area contributed by atoms with Gasteiger partial charge in [-0.25, -0.2) is 13.9 Å². The molecule has 0 bridgehead atoms. The van der Waals surface area contributed by atoms with Crippen molar-refractivity contribution < 1.29 is 23.3 Å². The topological polar surface area (TPSA) is 105 Å². The van der Waals surface area contributed by atoms with Crippen LogP contribution in [0, 0.1) is 0 Å². The van der Waals surface area contributed by atoms with Crippen molar-refractivity contribution in [2.24, 2.45) is 5.16 Å². The summed E-state index contributed by atoms with van der Waals surface area (Å²) in [6, 6.07) is 8.16. The van der Waals surface area contributed by atoms with Crippen LogP contribution in [0.3, 0.4) is 0 Å². The number of carbonyl (C=O) groups excluding carboxylic acids is 1. The van der Waals surface area contributed by atoms with Gasteiger partial charge in [0.25, 0.3) is 5.91 Å². The Morgan fingerprint density at radius 3 is 2.58 bits per heavy atom. The van der Waals surface area contributed by atoms with Gasteiger partial charge in [-0.05, 0) is 37.3 Å². The van der Waals surface area contributed by atoms with Crippen LogP contribution in [0.15, 0.2) is 29.4 Å². The highest BCUT2D eigenvalue weighted by Gasteiger charge is 2.44. The van der Waals surface area contributed by atoms with Gasteiger partial charge < -0.3 is 4.84 Å². The first kappa shape index (κ1) is 20.4. The lowest BCUT2D eigenvalue weighted by atomic mass is 9.96. The SMILES string of the molecule is CCCc1ccc(C2=NO[C@@H](CC[C@](C)(C(=O)NO)S(C)(=O)=O)C2)cc1. The maximum atomic E-state index is 12.0. The standard InChI is InChI=1S/C18H26N2O5S/c1-4-5-13-6-8-14(9-7-13)16-12-15(25-20-16)10-11-18(2,17(21)19-22)26(3,23)24/h6-9,15,22H,4-5,10-12H2,1-3H3,(H,19,21)/t15-,18+/m0/s1. The number of hydrogen-bond acceptors (Lipinski definition) is 6. The highest BCUT2D eigenvalue weighted by Crippen LogP contribution is 2.28. The summed E-state index contributed by atoms with van der Waals surface area (Å²) in [6.45, 7) is 3.44. The molecule has 2 rings (SSSR count). The lowest BCUT2D eigenvalue weighted by Gasteiger charge is -2.25. The second kappa shape index (κ2) is 8.18. The zero-order chi connectivity index (χ0) is 19.4. The Kier molecular flexibility index (Phi) is 6.41. The number of aryl methyl sites for hydroxylation is 1. The lowest BCUT2D eigenvalue weighted by Crippen LogP contribution is -2.49. The summed E-state index contributed by atoms with van der Waals surface area (Å²) in [7, 11) is -3.71. The van der Waals surface area contributed by atoms with E-state index < -0.39 is 20.5 Å². The normalized spacial score (nSPS) is 19.4. The Balaban J connectivity index is 1.98. The Bertz CT molecular complexity index is 773. The Morgan fingerprint density at radius 2 is 2.04 bits per heavy atom. The maximum absolute atomic E-state index is 12.0. The van der Waals surface area contributed by atoms with Crippen LogP contribution >= 0.6 is 0 Å². The number of nitrogens with one attached hydrogen (secondary N) is 1. The monoisotopic (exact) mass is 382 g/mol. The number of carbonyl (C=O) groups is 1. The van der Waals surface area contributed by atoms with Crippen LogP contribution in [0.2, 0.25) is 0 Å². The van der Waals surface area contributed by atoms with Crippen LogP contribution in [0.4, 0.5) is 0 Å². The van der Waals surface area contributed by atoms with Crippen molar-refractivity contribution >= 4 is 21.5 Å². The average molecular weight is 382 g/mol. The molecule has 2 N–H and O–H groups in total. The van der Waals surface area contributed by atoms with Crippen LogP contribution in [-0.2, 0) is 25.9 Å². The number of oxime groups is 1. The average Bonchev–Trinajstić information content (AvgIpc) is 3.08. The van der Waals surface area contributed by atoms with Gasteiger partial charge in [0, 0.05) is 12.7 Å². The van der Waals surface area contributed by atoms with E-state index in [1.165, 1.54) is 18.0 Å². The molecule has 144 valence electrons. The molecule has 0 fully saturated rings. The minimum atomic E-state index is -3.71. The first-order valence-corrected chi connectivity index (χ1v) is 10.6. The molecule has 2 atom stereocenters. The van der Waals surface area contributed by atoms with Gasteiger partial charge in [0.05, 0.1) is 5.71 Å². The van der Waals surface area contributed by atoms with Gasteiger partial charge in [-0.15, -0.1) is 0 Å². The van der Waals surface area contributed by atoms with Crippen LogP contribution in [0.1, 0.15) is 50.7 Å². The molecule has 1 aromatic carbocycles. The van der Waals surface area contributed by atoms with Crippen molar-refractivity contribution in [2.75, 3.05) is 6.26 Å². The smallest absolute Gasteiger partial charge is 0.264 e. The van der Waals surface area contributed by atoms with Crippen LogP contribution in [-0.4, -0.2) is 42.4 Å². The molecule has 0 aliphatic carbocycles. The van der Waals surface area contributed by atoms with Gasteiger partial charge in [0.2, 0.25) is 0 Å². The first-order chi connectivity index (χ1) is 12.2. The fourth-order valence-electron chi connectivity index (χ4n) is 2.93. The van der Waals surface area contributed by atoms with Gasteiger partial charge in [0.1, 0.15) is 10.9 Å². The fraction of sp³-hybridized carbons (Fsp3) is 0.556. The van der Waals surface area contributed by atoms with Crippen molar-refractivity contribution in [3.63, 3.8) is 0 Å². The Morgan fingerprint density at radius 1 is 1.38 bits per heavy atom. The predicted molar refractivity (Wildman–Crippen MR) is 98.9 cm³/mol. The molecule has 0 aromatic heterocycles. The van der Waals surface area contributed by atoms with Crippen LogP contribution in [0.25, 0.3) is 0 Å². The van der Waals surface area contributed by atoms with Crippen LogP contribution < -0.4 is 5.48 Å². The third-order valence-electron chi connectivity index (χ3n) is 4.90. The summed E-state index contributed by atoms with van der Waals surface area (Å²) in [5, 5.41) is 13.0. The van der Waals surface area contributed by atoms with E-state index in [0.717, 1.165) is 30.4 Å². The second-order valence-corrected chi connectivity index (χ2v) is 9.34. The van der Waals surface area contributed by atoms with Gasteiger partial charge in [-0.1, -0.05) is 42.8 Å². The number of benzene rings is 1. The lowest BCUT2D eigenvalue weighted by molar-refractivity contribution is -0.131. The summed E-state index contributed by atoms with van der Waals surface area (Å²) >= 11 is 0. The summed E-state index contributed by atoms with van der Waals surface area (Å²) in [5.74, 6) is -0.939. The fourth-order valence-corrected chi connectivity index (χ4v) is 3.80. The molecule has 1 heterocycles. The van der Waals surface area contributed by atoms with Gasteiger partial charge >= 0.3 is 0 Å². The summed E-state index contributed by atoms with van der Waals surface area (Å²) in [4.78, 5) is 17.3. The zero-order valence-electron chi connectivity index (χ0n) is 15.4. The molecule has 1 aromatic rings. The van der Waals surface area contributed by atoms with E-state index in [1.807, 2.05) is 12.1 Å². The third kappa shape index (κ3) is 4.42.